The van der Waals surface area contributed by atoms with Crippen LogP contribution in [0.1, 0.15) is 41.6 Å². The van der Waals surface area contributed by atoms with Crippen LogP contribution in [0.15, 0.2) is 54.7 Å². The molecule has 1 aromatic heterocycles. The summed E-state index contributed by atoms with van der Waals surface area (Å²) in [6.45, 7) is -0.350. The monoisotopic (exact) mass is 365 g/mol. The van der Waals surface area contributed by atoms with Crippen molar-refractivity contribution in [3.8, 4) is 0 Å². The van der Waals surface area contributed by atoms with Crippen molar-refractivity contribution < 1.29 is 18.7 Å². The van der Waals surface area contributed by atoms with Crippen molar-refractivity contribution in [1.29, 1.82) is 0 Å². The quantitative estimate of drug-likeness (QED) is 0.533. The van der Waals surface area contributed by atoms with Crippen molar-refractivity contribution in [1.82, 2.24) is 4.98 Å². The van der Waals surface area contributed by atoms with Crippen molar-refractivity contribution in [2.45, 2.75) is 31.1 Å². The molecule has 0 amide bonds. The molecule has 1 aliphatic carbocycles. The van der Waals surface area contributed by atoms with Crippen LogP contribution in [0.3, 0.4) is 0 Å². The Morgan fingerprint density at radius 1 is 1.04 bits per heavy atom. The Labute approximate surface area is 156 Å². The molecule has 1 aliphatic rings. The van der Waals surface area contributed by atoms with Crippen molar-refractivity contribution in [2.75, 3.05) is 6.61 Å². The van der Waals surface area contributed by atoms with E-state index in [-0.39, 0.29) is 12.4 Å². The third-order valence-corrected chi connectivity index (χ3v) is 5.46. The molecule has 1 heterocycles. The molecule has 0 radical (unpaired) electrons. The molecule has 1 fully saturated rings. The lowest BCUT2D eigenvalue weighted by molar-refractivity contribution is -0.149. The van der Waals surface area contributed by atoms with Crippen molar-refractivity contribution in [2.24, 2.45) is 0 Å². The first-order chi connectivity index (χ1) is 13.1. The lowest BCUT2D eigenvalue weighted by Gasteiger charge is -2.27. The van der Waals surface area contributed by atoms with Gasteiger partial charge < -0.3 is 9.72 Å². The van der Waals surface area contributed by atoms with Crippen LogP contribution < -0.4 is 0 Å². The molecule has 0 unspecified atom stereocenters. The van der Waals surface area contributed by atoms with Crippen LogP contribution in [-0.4, -0.2) is 23.3 Å². The van der Waals surface area contributed by atoms with E-state index in [2.05, 4.69) is 4.98 Å². The van der Waals surface area contributed by atoms with Gasteiger partial charge in [-0.1, -0.05) is 49.2 Å². The highest BCUT2D eigenvalue weighted by Crippen LogP contribution is 2.43. The highest BCUT2D eigenvalue weighted by molar-refractivity contribution is 6.09. The minimum atomic E-state index is -0.994. The van der Waals surface area contributed by atoms with Gasteiger partial charge in [0.2, 0.25) is 5.78 Å². The number of ketones is 1. The summed E-state index contributed by atoms with van der Waals surface area (Å²) in [5.41, 5.74) is 0.717. The molecule has 138 valence electrons. The van der Waals surface area contributed by atoms with Gasteiger partial charge >= 0.3 is 5.97 Å². The molecular formula is C22H20FNO3. The molecule has 2 aromatic carbocycles. The van der Waals surface area contributed by atoms with Crippen LogP contribution in [0.25, 0.3) is 10.9 Å². The lowest BCUT2D eigenvalue weighted by atomic mass is 9.78. The number of H-pyrrole nitrogens is 1. The fraction of sp³-hybridized carbons (Fsp3) is 0.273. The minimum Gasteiger partial charge on any atom is -0.457 e. The second kappa shape index (κ2) is 6.99. The molecule has 0 spiro atoms. The van der Waals surface area contributed by atoms with E-state index in [1.54, 1.807) is 24.4 Å². The second-order valence-electron chi connectivity index (χ2n) is 7.02. The number of hydrogen-bond acceptors (Lipinski definition) is 3. The number of nitrogens with one attached hydrogen (secondary N) is 1. The second-order valence-corrected chi connectivity index (χ2v) is 7.02. The number of halogens is 1. The molecule has 27 heavy (non-hydrogen) atoms. The third kappa shape index (κ3) is 3.03. The van der Waals surface area contributed by atoms with Gasteiger partial charge in [0, 0.05) is 28.2 Å². The first kappa shape index (κ1) is 17.5. The number of carbonyl (C=O) groups is 2. The number of ether oxygens (including phenoxy) is 1. The molecular weight excluding hydrogens is 345 g/mol. The zero-order valence-electron chi connectivity index (χ0n) is 14.8. The maximum absolute atomic E-state index is 14.4. The highest BCUT2D eigenvalue weighted by Gasteiger charge is 2.46. The Morgan fingerprint density at radius 2 is 1.74 bits per heavy atom. The highest BCUT2D eigenvalue weighted by atomic mass is 19.1. The van der Waals surface area contributed by atoms with Crippen LogP contribution in [0, 0.1) is 5.82 Å². The first-order valence-electron chi connectivity index (χ1n) is 9.13. The van der Waals surface area contributed by atoms with Crippen LogP contribution in [0.5, 0.6) is 0 Å². The summed E-state index contributed by atoms with van der Waals surface area (Å²) < 4.78 is 19.8. The molecule has 4 rings (SSSR count). The molecule has 1 saturated carbocycles. The van der Waals surface area contributed by atoms with Gasteiger partial charge in [0.05, 0.1) is 5.41 Å². The summed E-state index contributed by atoms with van der Waals surface area (Å²) in [5.74, 6) is -1.19. The van der Waals surface area contributed by atoms with Gasteiger partial charge in [-0.2, -0.15) is 0 Å². The van der Waals surface area contributed by atoms with E-state index in [1.807, 2.05) is 24.3 Å². The number of benzene rings is 2. The number of esters is 1. The Balaban J connectivity index is 1.54. The van der Waals surface area contributed by atoms with E-state index >= 15 is 0 Å². The summed E-state index contributed by atoms with van der Waals surface area (Å²) >= 11 is 0. The number of rotatable bonds is 5. The van der Waals surface area contributed by atoms with E-state index < -0.39 is 17.2 Å². The Morgan fingerprint density at radius 3 is 2.52 bits per heavy atom. The van der Waals surface area contributed by atoms with Gasteiger partial charge in [-0.05, 0) is 25.0 Å². The van der Waals surface area contributed by atoms with Crippen LogP contribution in [-0.2, 0) is 14.9 Å². The smallest absolute Gasteiger partial charge is 0.317 e. The van der Waals surface area contributed by atoms with Gasteiger partial charge in [-0.15, -0.1) is 0 Å². The number of aromatic nitrogens is 1. The summed E-state index contributed by atoms with van der Waals surface area (Å²) in [6, 6.07) is 13.8. The third-order valence-electron chi connectivity index (χ3n) is 5.46. The van der Waals surface area contributed by atoms with E-state index in [9.17, 15) is 14.0 Å². The number of fused-ring (bicyclic) bond motifs is 1. The predicted molar refractivity (Wildman–Crippen MR) is 100 cm³/mol. The van der Waals surface area contributed by atoms with Crippen molar-refractivity contribution in [3.05, 3.63) is 71.7 Å². The van der Waals surface area contributed by atoms with Gasteiger partial charge in [-0.25, -0.2) is 4.39 Å². The number of aromatic amines is 1. The Hall–Kier alpha value is -2.95. The zero-order valence-corrected chi connectivity index (χ0v) is 14.8. The van der Waals surface area contributed by atoms with Crippen LogP contribution in [0.2, 0.25) is 0 Å². The molecule has 4 nitrogen and oxygen atoms in total. The maximum Gasteiger partial charge on any atom is 0.317 e. The first-order valence-corrected chi connectivity index (χ1v) is 9.13. The maximum atomic E-state index is 14.4. The van der Waals surface area contributed by atoms with Crippen molar-refractivity contribution >= 4 is 22.7 Å². The zero-order chi connectivity index (χ0) is 18.9. The number of Topliss-reactive ketones (excluding diaryl/α,β-unsaturated/α-hetero) is 1. The van der Waals surface area contributed by atoms with Gasteiger partial charge in [0.15, 0.2) is 6.61 Å². The van der Waals surface area contributed by atoms with Crippen molar-refractivity contribution in [3.63, 3.8) is 0 Å². The Kier molecular flexibility index (Phi) is 4.52. The fourth-order valence-electron chi connectivity index (χ4n) is 4.06. The summed E-state index contributed by atoms with van der Waals surface area (Å²) in [6.07, 6.45) is 4.37. The fourth-order valence-corrected chi connectivity index (χ4v) is 4.06. The number of hydrogen-bond donors (Lipinski definition) is 1. The lowest BCUT2D eigenvalue weighted by Crippen LogP contribution is -2.36. The van der Waals surface area contributed by atoms with Gasteiger partial charge in [-0.3, -0.25) is 9.59 Å². The molecule has 0 bridgehead atoms. The molecule has 3 aromatic rings. The van der Waals surface area contributed by atoms with E-state index in [1.165, 1.54) is 6.07 Å². The van der Waals surface area contributed by atoms with E-state index in [0.29, 0.717) is 24.0 Å². The van der Waals surface area contributed by atoms with Gasteiger partial charge in [0.25, 0.3) is 0 Å². The molecule has 0 atom stereocenters. The molecule has 0 aliphatic heterocycles. The van der Waals surface area contributed by atoms with Gasteiger partial charge in [0.1, 0.15) is 5.82 Å². The minimum absolute atomic E-state index is 0.275. The van der Waals surface area contributed by atoms with Crippen LogP contribution in [0.4, 0.5) is 4.39 Å². The Bertz CT molecular complexity index is 1000. The number of para-hydroxylation sites is 1. The summed E-state index contributed by atoms with van der Waals surface area (Å²) in [5, 5.41) is 0.795. The van der Waals surface area contributed by atoms with Crippen LogP contribution >= 0.6 is 0 Å². The van der Waals surface area contributed by atoms with E-state index in [4.69, 9.17) is 4.74 Å². The summed E-state index contributed by atoms with van der Waals surface area (Å²) in [4.78, 5) is 28.5. The number of carbonyl (C=O) groups excluding carboxylic acids is 2. The average molecular weight is 365 g/mol. The largest absolute Gasteiger partial charge is 0.457 e. The topological polar surface area (TPSA) is 59.2 Å². The average Bonchev–Trinajstić information content (AvgIpc) is 3.34. The molecule has 0 saturated heterocycles. The van der Waals surface area contributed by atoms with E-state index in [0.717, 1.165) is 23.7 Å². The molecule has 5 heteroatoms. The SMILES string of the molecule is O=C(COC(=O)C1(c2ccccc2F)CCCC1)c1c[nH]c2ccccc12. The summed E-state index contributed by atoms with van der Waals surface area (Å²) in [7, 11) is 0. The normalized spacial score (nSPS) is 15.7. The molecule has 1 N–H and O–H groups in total. The predicted octanol–water partition coefficient (Wildman–Crippen LogP) is 4.54. The standard InChI is InChI=1S/C22H20FNO3/c23-18-9-3-2-8-17(18)22(11-5-6-12-22)21(26)27-14-20(25)16-13-24-19-10-4-1-7-15(16)19/h1-4,7-10,13,24H,5-6,11-12,14H2.